The summed E-state index contributed by atoms with van der Waals surface area (Å²) in [6.07, 6.45) is 7.05. The highest BCUT2D eigenvalue weighted by atomic mass is 14.9. The summed E-state index contributed by atoms with van der Waals surface area (Å²) in [5, 5.41) is 3.67. The lowest BCUT2D eigenvalue weighted by atomic mass is 9.96. The quantitative estimate of drug-likeness (QED) is 0.830. The Kier molecular flexibility index (Phi) is 5.75. The van der Waals surface area contributed by atoms with Crippen LogP contribution in [-0.2, 0) is 12.8 Å². The zero-order valence-corrected chi connectivity index (χ0v) is 12.5. The van der Waals surface area contributed by atoms with E-state index in [4.69, 9.17) is 0 Å². The number of aromatic nitrogens is 1. The Hall–Kier alpha value is -1.67. The maximum absolute atomic E-state index is 4.09. The molecule has 0 radical (unpaired) electrons. The van der Waals surface area contributed by atoms with E-state index < -0.39 is 0 Å². The number of nitrogens with zero attached hydrogens (tertiary/aromatic N) is 1. The number of hydrogen-bond donors (Lipinski definition) is 1. The minimum Gasteiger partial charge on any atom is -0.313 e. The minimum absolute atomic E-state index is 0.485. The van der Waals surface area contributed by atoms with Gasteiger partial charge in [-0.05, 0) is 61.6 Å². The second kappa shape index (κ2) is 7.81. The van der Waals surface area contributed by atoms with Crippen molar-refractivity contribution >= 4 is 0 Å². The second-order valence-electron chi connectivity index (χ2n) is 5.34. The van der Waals surface area contributed by atoms with Crippen molar-refractivity contribution in [2.45, 2.75) is 39.2 Å². The number of nitrogens with one attached hydrogen (secondary N) is 1. The van der Waals surface area contributed by atoms with Crippen LogP contribution in [0.1, 0.15) is 30.0 Å². The second-order valence-corrected chi connectivity index (χ2v) is 5.34. The molecule has 1 atom stereocenters. The van der Waals surface area contributed by atoms with Crippen LogP contribution in [0.5, 0.6) is 0 Å². The predicted octanol–water partition coefficient (Wildman–Crippen LogP) is 3.54. The van der Waals surface area contributed by atoms with Crippen LogP contribution in [0.15, 0.2) is 48.8 Å². The van der Waals surface area contributed by atoms with Crippen LogP contribution < -0.4 is 5.32 Å². The molecule has 0 aliphatic heterocycles. The molecule has 2 nitrogen and oxygen atoms in total. The number of rotatable bonds is 7. The summed E-state index contributed by atoms with van der Waals surface area (Å²) in [7, 11) is 0. The van der Waals surface area contributed by atoms with Gasteiger partial charge in [-0.25, -0.2) is 0 Å². The lowest BCUT2D eigenvalue weighted by Crippen LogP contribution is -2.34. The first-order valence-electron chi connectivity index (χ1n) is 7.46. The molecule has 0 fully saturated rings. The molecule has 0 aliphatic rings. The van der Waals surface area contributed by atoms with Gasteiger partial charge in [0.25, 0.3) is 0 Å². The fourth-order valence-electron chi connectivity index (χ4n) is 2.47. The Morgan fingerprint density at radius 1 is 1.05 bits per heavy atom. The molecule has 1 aromatic heterocycles. The van der Waals surface area contributed by atoms with Crippen LogP contribution in [-0.4, -0.2) is 17.6 Å². The first-order chi connectivity index (χ1) is 9.79. The van der Waals surface area contributed by atoms with Gasteiger partial charge in [0.2, 0.25) is 0 Å². The number of benzene rings is 1. The van der Waals surface area contributed by atoms with Gasteiger partial charge in [0, 0.05) is 18.4 Å². The molecule has 2 heteroatoms. The third kappa shape index (κ3) is 4.46. The SMILES string of the molecule is CCCNC(Cc1ccncc1)Cc1ccccc1C. The first-order valence-corrected chi connectivity index (χ1v) is 7.46. The topological polar surface area (TPSA) is 24.9 Å². The van der Waals surface area contributed by atoms with E-state index in [1.54, 1.807) is 0 Å². The minimum atomic E-state index is 0.485. The van der Waals surface area contributed by atoms with Crippen molar-refractivity contribution < 1.29 is 0 Å². The molecule has 0 saturated carbocycles. The molecule has 20 heavy (non-hydrogen) atoms. The average Bonchev–Trinajstić information content (AvgIpc) is 2.48. The Morgan fingerprint density at radius 3 is 2.50 bits per heavy atom. The normalized spacial score (nSPS) is 12.3. The molecule has 0 aliphatic carbocycles. The van der Waals surface area contributed by atoms with Crippen LogP contribution in [0, 0.1) is 6.92 Å². The molecular formula is C18H24N2. The van der Waals surface area contributed by atoms with Crippen LogP contribution in [0.3, 0.4) is 0 Å². The van der Waals surface area contributed by atoms with E-state index in [-0.39, 0.29) is 0 Å². The van der Waals surface area contributed by atoms with Gasteiger partial charge in [0.15, 0.2) is 0 Å². The van der Waals surface area contributed by atoms with E-state index >= 15 is 0 Å². The van der Waals surface area contributed by atoms with E-state index in [2.05, 4.69) is 60.5 Å². The Labute approximate surface area is 122 Å². The number of aryl methyl sites for hydroxylation is 1. The highest BCUT2D eigenvalue weighted by molar-refractivity contribution is 5.27. The van der Waals surface area contributed by atoms with E-state index in [1.165, 1.54) is 23.1 Å². The fraction of sp³-hybridized carbons (Fsp3) is 0.389. The molecular weight excluding hydrogens is 244 g/mol. The van der Waals surface area contributed by atoms with E-state index in [1.807, 2.05) is 12.4 Å². The van der Waals surface area contributed by atoms with Crippen molar-refractivity contribution in [3.8, 4) is 0 Å². The summed E-state index contributed by atoms with van der Waals surface area (Å²) < 4.78 is 0. The monoisotopic (exact) mass is 268 g/mol. The Balaban J connectivity index is 2.05. The van der Waals surface area contributed by atoms with Crippen molar-refractivity contribution in [1.29, 1.82) is 0 Å². The standard InChI is InChI=1S/C18H24N2/c1-3-10-20-18(13-16-8-11-19-12-9-16)14-17-7-5-4-6-15(17)2/h4-9,11-12,18,20H,3,10,13-14H2,1-2H3. The zero-order chi connectivity index (χ0) is 14.2. The van der Waals surface area contributed by atoms with Crippen molar-refractivity contribution in [3.05, 3.63) is 65.5 Å². The van der Waals surface area contributed by atoms with Gasteiger partial charge < -0.3 is 5.32 Å². The smallest absolute Gasteiger partial charge is 0.0270 e. The third-order valence-electron chi connectivity index (χ3n) is 3.64. The van der Waals surface area contributed by atoms with Crippen LogP contribution >= 0.6 is 0 Å². The van der Waals surface area contributed by atoms with E-state index in [9.17, 15) is 0 Å². The number of pyridine rings is 1. The summed E-state index contributed by atoms with van der Waals surface area (Å²) in [5.41, 5.74) is 4.17. The molecule has 0 saturated heterocycles. The van der Waals surface area contributed by atoms with Gasteiger partial charge in [-0.2, -0.15) is 0 Å². The maximum Gasteiger partial charge on any atom is 0.0270 e. The van der Waals surface area contributed by atoms with Crippen LogP contribution in [0.2, 0.25) is 0 Å². The maximum atomic E-state index is 4.09. The molecule has 2 rings (SSSR count). The molecule has 1 unspecified atom stereocenters. The van der Waals surface area contributed by atoms with Gasteiger partial charge >= 0.3 is 0 Å². The molecule has 1 N–H and O–H groups in total. The molecule has 106 valence electrons. The van der Waals surface area contributed by atoms with Crippen molar-refractivity contribution in [2.24, 2.45) is 0 Å². The average molecular weight is 268 g/mol. The number of hydrogen-bond acceptors (Lipinski definition) is 2. The Bertz CT molecular complexity index is 508. The van der Waals surface area contributed by atoms with Crippen molar-refractivity contribution in [2.75, 3.05) is 6.54 Å². The zero-order valence-electron chi connectivity index (χ0n) is 12.5. The molecule has 1 heterocycles. The van der Waals surface area contributed by atoms with Gasteiger partial charge in [-0.15, -0.1) is 0 Å². The van der Waals surface area contributed by atoms with Gasteiger partial charge in [0.1, 0.15) is 0 Å². The van der Waals surface area contributed by atoms with Gasteiger partial charge in [-0.1, -0.05) is 31.2 Å². The lowest BCUT2D eigenvalue weighted by Gasteiger charge is -2.20. The van der Waals surface area contributed by atoms with Crippen LogP contribution in [0.4, 0.5) is 0 Å². The highest BCUT2D eigenvalue weighted by Gasteiger charge is 2.11. The predicted molar refractivity (Wildman–Crippen MR) is 84.9 cm³/mol. The van der Waals surface area contributed by atoms with Gasteiger partial charge in [0.05, 0.1) is 0 Å². The molecule has 0 spiro atoms. The lowest BCUT2D eigenvalue weighted by molar-refractivity contribution is 0.504. The third-order valence-corrected chi connectivity index (χ3v) is 3.64. The van der Waals surface area contributed by atoms with Crippen LogP contribution in [0.25, 0.3) is 0 Å². The summed E-state index contributed by atoms with van der Waals surface area (Å²) in [5.74, 6) is 0. The Morgan fingerprint density at radius 2 is 1.80 bits per heavy atom. The van der Waals surface area contributed by atoms with E-state index in [0.717, 1.165) is 19.4 Å². The van der Waals surface area contributed by atoms with Gasteiger partial charge in [-0.3, -0.25) is 4.98 Å². The molecule has 1 aromatic carbocycles. The highest BCUT2D eigenvalue weighted by Crippen LogP contribution is 2.12. The fourth-order valence-corrected chi connectivity index (χ4v) is 2.47. The summed E-state index contributed by atoms with van der Waals surface area (Å²) >= 11 is 0. The van der Waals surface area contributed by atoms with Crippen molar-refractivity contribution in [3.63, 3.8) is 0 Å². The molecule has 0 bridgehead atoms. The summed E-state index contributed by atoms with van der Waals surface area (Å²) in [4.78, 5) is 4.09. The van der Waals surface area contributed by atoms with E-state index in [0.29, 0.717) is 6.04 Å². The largest absolute Gasteiger partial charge is 0.313 e. The van der Waals surface area contributed by atoms with Crippen molar-refractivity contribution in [1.82, 2.24) is 10.3 Å². The first kappa shape index (κ1) is 14.7. The summed E-state index contributed by atoms with van der Waals surface area (Å²) in [6, 6.07) is 13.4. The molecule has 0 amide bonds. The summed E-state index contributed by atoms with van der Waals surface area (Å²) in [6.45, 7) is 5.48. The molecule has 2 aromatic rings.